The Balaban J connectivity index is 1.92. The van der Waals surface area contributed by atoms with E-state index in [2.05, 4.69) is 10.0 Å². The molecule has 0 spiro atoms. The van der Waals surface area contributed by atoms with Gasteiger partial charge in [-0.2, -0.15) is 13.2 Å². The number of methoxy groups -OCH3 is 1. The molecule has 2 N–H and O–H groups in total. The van der Waals surface area contributed by atoms with Crippen molar-refractivity contribution in [3.63, 3.8) is 0 Å². The lowest BCUT2D eigenvalue weighted by molar-refractivity contribution is -0.0328. The Labute approximate surface area is 164 Å². The molecular weight excluding hydrogens is 417 g/mol. The summed E-state index contributed by atoms with van der Waals surface area (Å²) in [5.74, 6) is -0.224. The number of halogens is 3. The fourth-order valence-electron chi connectivity index (χ4n) is 2.16. The number of sulfonamides is 1. The van der Waals surface area contributed by atoms with E-state index in [9.17, 15) is 26.4 Å². The highest BCUT2D eigenvalue weighted by Crippen LogP contribution is 2.38. The van der Waals surface area contributed by atoms with Gasteiger partial charge in [-0.05, 0) is 48.2 Å². The molecule has 0 bridgehead atoms. The van der Waals surface area contributed by atoms with Crippen molar-refractivity contribution >= 4 is 27.7 Å². The first-order chi connectivity index (χ1) is 13.1. The number of carbonyl (C=O) groups excluding carboxylic acids is 1. The van der Waals surface area contributed by atoms with Gasteiger partial charge in [0.1, 0.15) is 5.75 Å². The van der Waals surface area contributed by atoms with E-state index in [1.165, 1.54) is 55.6 Å². The number of amides is 1. The summed E-state index contributed by atoms with van der Waals surface area (Å²) < 4.78 is 69.3. The first-order valence-corrected chi connectivity index (χ1v) is 10.2. The van der Waals surface area contributed by atoms with Crippen LogP contribution in [0.1, 0.15) is 10.4 Å². The number of benzene rings is 2. The molecule has 0 saturated carbocycles. The van der Waals surface area contributed by atoms with Crippen molar-refractivity contribution in [1.82, 2.24) is 10.0 Å². The second-order valence-corrected chi connectivity index (χ2v) is 8.25. The molecule has 1 amide bonds. The predicted octanol–water partition coefficient (Wildman–Crippen LogP) is 3.02. The largest absolute Gasteiger partial charge is 0.497 e. The van der Waals surface area contributed by atoms with Gasteiger partial charge < -0.3 is 10.1 Å². The average Bonchev–Trinajstić information content (AvgIpc) is 2.64. The molecule has 0 heterocycles. The van der Waals surface area contributed by atoms with Gasteiger partial charge in [-0.3, -0.25) is 4.79 Å². The lowest BCUT2D eigenvalue weighted by Gasteiger charge is -2.12. The number of alkyl halides is 3. The van der Waals surface area contributed by atoms with E-state index < -0.39 is 21.4 Å². The summed E-state index contributed by atoms with van der Waals surface area (Å²) in [5.41, 5.74) is -4.66. The Morgan fingerprint density at radius 1 is 1.07 bits per heavy atom. The van der Waals surface area contributed by atoms with Crippen LogP contribution in [0.15, 0.2) is 58.3 Å². The Kier molecular flexibility index (Phi) is 7.33. The summed E-state index contributed by atoms with van der Waals surface area (Å²) in [5, 5.41) is 2.40. The SMILES string of the molecule is COc1ccc(S(=O)(=O)NCCNC(=O)c2ccccc2SC(F)(F)F)cc1. The zero-order chi connectivity index (χ0) is 20.8. The van der Waals surface area contributed by atoms with Crippen molar-refractivity contribution in [2.45, 2.75) is 15.3 Å². The molecule has 152 valence electrons. The summed E-state index contributed by atoms with van der Waals surface area (Å²) in [6.45, 7) is -0.228. The van der Waals surface area contributed by atoms with Crippen LogP contribution in [0.25, 0.3) is 0 Å². The van der Waals surface area contributed by atoms with Gasteiger partial charge in [0, 0.05) is 18.0 Å². The number of hydrogen-bond acceptors (Lipinski definition) is 5. The first-order valence-electron chi connectivity index (χ1n) is 7.89. The zero-order valence-corrected chi connectivity index (χ0v) is 16.2. The molecule has 0 atom stereocenters. The summed E-state index contributed by atoms with van der Waals surface area (Å²) in [4.78, 5) is 11.9. The standard InChI is InChI=1S/C17H17F3N2O4S2/c1-26-12-6-8-13(9-7-12)28(24,25)22-11-10-21-16(23)14-4-2-3-5-15(14)27-17(18,19)20/h2-9,22H,10-11H2,1H3,(H,21,23). The normalized spacial score (nSPS) is 11.9. The summed E-state index contributed by atoms with van der Waals surface area (Å²) >= 11 is -0.383. The van der Waals surface area contributed by atoms with Gasteiger partial charge in [0.15, 0.2) is 0 Å². The van der Waals surface area contributed by atoms with Crippen LogP contribution in [0.2, 0.25) is 0 Å². The van der Waals surface area contributed by atoms with Crippen molar-refractivity contribution in [2.75, 3.05) is 20.2 Å². The van der Waals surface area contributed by atoms with Gasteiger partial charge in [0.2, 0.25) is 10.0 Å². The zero-order valence-electron chi connectivity index (χ0n) is 14.6. The van der Waals surface area contributed by atoms with E-state index in [0.29, 0.717) is 5.75 Å². The molecule has 0 aliphatic heterocycles. The van der Waals surface area contributed by atoms with Gasteiger partial charge in [-0.25, -0.2) is 13.1 Å². The van der Waals surface area contributed by atoms with E-state index in [0.717, 1.165) is 0 Å². The highest BCUT2D eigenvalue weighted by molar-refractivity contribution is 8.00. The van der Waals surface area contributed by atoms with Gasteiger partial charge >= 0.3 is 5.51 Å². The van der Waals surface area contributed by atoms with E-state index >= 15 is 0 Å². The second-order valence-electron chi connectivity index (χ2n) is 5.37. The summed E-state index contributed by atoms with van der Waals surface area (Å²) in [6, 6.07) is 11.0. The fraction of sp³-hybridized carbons (Fsp3) is 0.235. The highest BCUT2D eigenvalue weighted by atomic mass is 32.2. The molecule has 0 unspecified atom stereocenters. The Morgan fingerprint density at radius 2 is 1.71 bits per heavy atom. The Bertz CT molecular complexity index is 917. The molecular formula is C17H17F3N2O4S2. The number of hydrogen-bond donors (Lipinski definition) is 2. The molecule has 0 radical (unpaired) electrons. The Hall–Kier alpha value is -2.24. The number of carbonyl (C=O) groups is 1. The van der Waals surface area contributed by atoms with E-state index in [4.69, 9.17) is 4.74 Å². The van der Waals surface area contributed by atoms with E-state index in [1.54, 1.807) is 0 Å². The molecule has 28 heavy (non-hydrogen) atoms. The van der Waals surface area contributed by atoms with Crippen LogP contribution >= 0.6 is 11.8 Å². The molecule has 11 heteroatoms. The minimum Gasteiger partial charge on any atom is -0.497 e. The van der Waals surface area contributed by atoms with Crippen LogP contribution in [0.4, 0.5) is 13.2 Å². The molecule has 6 nitrogen and oxygen atoms in total. The summed E-state index contributed by atoms with van der Waals surface area (Å²) in [7, 11) is -2.34. The second kappa shape index (κ2) is 9.30. The molecule has 0 aliphatic carbocycles. The van der Waals surface area contributed by atoms with Crippen molar-refractivity contribution in [1.29, 1.82) is 0 Å². The first kappa shape index (κ1) is 22.1. The minimum absolute atomic E-state index is 0.0200. The molecule has 0 saturated heterocycles. The number of thioether (sulfide) groups is 1. The average molecular weight is 434 g/mol. The monoisotopic (exact) mass is 434 g/mol. The molecule has 0 fully saturated rings. The maximum Gasteiger partial charge on any atom is 0.446 e. The Morgan fingerprint density at radius 3 is 2.32 bits per heavy atom. The van der Waals surface area contributed by atoms with Crippen molar-refractivity contribution in [2.24, 2.45) is 0 Å². The van der Waals surface area contributed by atoms with Gasteiger partial charge in [-0.15, -0.1) is 0 Å². The lowest BCUT2D eigenvalue weighted by Crippen LogP contribution is -2.34. The van der Waals surface area contributed by atoms with Crippen molar-refractivity contribution < 1.29 is 31.1 Å². The van der Waals surface area contributed by atoms with Crippen LogP contribution in [-0.2, 0) is 10.0 Å². The maximum absolute atomic E-state index is 12.6. The topological polar surface area (TPSA) is 84.5 Å². The number of nitrogens with one attached hydrogen (secondary N) is 2. The predicted molar refractivity (Wildman–Crippen MR) is 98.9 cm³/mol. The van der Waals surface area contributed by atoms with Gasteiger partial charge in [-0.1, -0.05) is 12.1 Å². The van der Waals surface area contributed by atoms with E-state index in [-0.39, 0.29) is 40.2 Å². The van der Waals surface area contributed by atoms with Gasteiger partial charge in [0.05, 0.1) is 17.6 Å². The van der Waals surface area contributed by atoms with Crippen LogP contribution in [0, 0.1) is 0 Å². The molecule has 0 aromatic heterocycles. The van der Waals surface area contributed by atoms with Crippen LogP contribution in [0.5, 0.6) is 5.75 Å². The number of rotatable bonds is 8. The van der Waals surface area contributed by atoms with E-state index in [1.807, 2.05) is 0 Å². The minimum atomic E-state index is -4.52. The van der Waals surface area contributed by atoms with Gasteiger partial charge in [0.25, 0.3) is 5.91 Å². The third-order valence-electron chi connectivity index (χ3n) is 3.43. The van der Waals surface area contributed by atoms with Crippen molar-refractivity contribution in [3.8, 4) is 5.75 Å². The quantitative estimate of drug-likeness (QED) is 0.493. The third-order valence-corrected chi connectivity index (χ3v) is 5.71. The molecule has 2 aromatic carbocycles. The van der Waals surface area contributed by atoms with Crippen LogP contribution in [-0.4, -0.2) is 40.0 Å². The third kappa shape index (κ3) is 6.43. The highest BCUT2D eigenvalue weighted by Gasteiger charge is 2.31. The van der Waals surface area contributed by atoms with Crippen molar-refractivity contribution in [3.05, 3.63) is 54.1 Å². The van der Waals surface area contributed by atoms with Crippen LogP contribution in [0.3, 0.4) is 0 Å². The summed E-state index contributed by atoms with van der Waals surface area (Å²) in [6.07, 6.45) is 0. The molecule has 2 rings (SSSR count). The molecule has 2 aromatic rings. The fourth-order valence-corrected chi connectivity index (χ4v) is 3.86. The molecule has 0 aliphatic rings. The van der Waals surface area contributed by atoms with Crippen LogP contribution < -0.4 is 14.8 Å². The smallest absolute Gasteiger partial charge is 0.446 e. The number of ether oxygens (including phenoxy) is 1. The lowest BCUT2D eigenvalue weighted by atomic mass is 10.2. The maximum atomic E-state index is 12.6.